The Morgan fingerprint density at radius 2 is 1.24 bits per heavy atom. The molecule has 10 heteroatoms. The zero-order valence-electron chi connectivity index (χ0n) is 25.3. The van der Waals surface area contributed by atoms with Crippen LogP contribution in [-0.4, -0.2) is 47.3 Å². The van der Waals surface area contributed by atoms with E-state index in [2.05, 4.69) is 5.32 Å². The molecule has 0 aliphatic heterocycles. The van der Waals surface area contributed by atoms with E-state index in [0.717, 1.165) is 11.1 Å². The topological polar surface area (TPSA) is 117 Å². The summed E-state index contributed by atoms with van der Waals surface area (Å²) >= 11 is 0. The van der Waals surface area contributed by atoms with Gasteiger partial charge in [-0.05, 0) is 66.5 Å². The predicted octanol–water partition coefficient (Wildman–Crippen LogP) is 6.48. The van der Waals surface area contributed by atoms with E-state index in [9.17, 15) is 18.9 Å². The fourth-order valence-electron chi connectivity index (χ4n) is 3.87. The Morgan fingerprint density at radius 1 is 0.780 bits per heavy atom. The van der Waals surface area contributed by atoms with Crippen LogP contribution in [0.25, 0.3) is 0 Å². The van der Waals surface area contributed by atoms with Crippen LogP contribution < -0.4 is 5.32 Å². The van der Waals surface area contributed by atoms with Crippen LogP contribution in [0, 0.1) is 5.92 Å². The van der Waals surface area contributed by atoms with Crippen LogP contribution in [0.2, 0.25) is 0 Å². The van der Waals surface area contributed by atoms with Gasteiger partial charge >= 0.3 is 18.0 Å². The smallest absolute Gasteiger partial charge is 0.408 e. The largest absolute Gasteiger partial charge is 0.459 e. The molecule has 41 heavy (non-hydrogen) atoms. The van der Waals surface area contributed by atoms with Gasteiger partial charge in [0.15, 0.2) is 5.92 Å². The van der Waals surface area contributed by atoms with Crippen LogP contribution in [0.15, 0.2) is 60.7 Å². The molecule has 0 aliphatic carbocycles. The summed E-state index contributed by atoms with van der Waals surface area (Å²) < 4.78 is 37.2. The third kappa shape index (κ3) is 12.5. The van der Waals surface area contributed by atoms with Crippen molar-refractivity contribution >= 4 is 25.4 Å². The fraction of sp³-hybridized carbons (Fsp3) is 0.516. The Kier molecular flexibility index (Phi) is 12.2. The molecule has 1 amide bonds. The van der Waals surface area contributed by atoms with E-state index >= 15 is 0 Å². The van der Waals surface area contributed by atoms with Crippen molar-refractivity contribution in [2.45, 2.75) is 91.5 Å². The van der Waals surface area contributed by atoms with Gasteiger partial charge in [0.1, 0.15) is 23.6 Å². The van der Waals surface area contributed by atoms with Gasteiger partial charge in [-0.1, -0.05) is 60.7 Å². The van der Waals surface area contributed by atoms with Gasteiger partial charge < -0.3 is 24.1 Å². The standard InChI is InChI=1S/C31H44NO8P/c1-22(2)40-41(36,21-25(27(33)38-30(3,4)5)28(34)39-31(6,7)8)26(19-23-15-11-9-12-16-23)32-29(35)37-20-24-17-13-10-14-18-24/h9-18,22,25-26H,19-21H2,1-8H3,(H,32,35). The van der Waals surface area contributed by atoms with Gasteiger partial charge in [-0.25, -0.2) is 4.79 Å². The minimum atomic E-state index is -4.01. The van der Waals surface area contributed by atoms with Crippen molar-refractivity contribution < 1.29 is 37.7 Å². The number of carbonyl (C=O) groups is 3. The number of nitrogens with one attached hydrogen (secondary N) is 1. The zero-order chi connectivity index (χ0) is 30.8. The van der Waals surface area contributed by atoms with Crippen molar-refractivity contribution in [3.05, 3.63) is 71.8 Å². The Morgan fingerprint density at radius 3 is 1.68 bits per heavy atom. The quantitative estimate of drug-likeness (QED) is 0.129. The molecule has 2 aromatic rings. The van der Waals surface area contributed by atoms with Gasteiger partial charge in [0.2, 0.25) is 7.37 Å². The van der Waals surface area contributed by atoms with Crippen LogP contribution in [0.4, 0.5) is 4.79 Å². The van der Waals surface area contributed by atoms with E-state index < -0.39 is 60.6 Å². The highest BCUT2D eigenvalue weighted by Crippen LogP contribution is 2.55. The molecule has 1 N–H and O–H groups in total. The van der Waals surface area contributed by atoms with E-state index in [1.807, 2.05) is 60.7 Å². The highest BCUT2D eigenvalue weighted by molar-refractivity contribution is 7.59. The van der Waals surface area contributed by atoms with Gasteiger partial charge in [0.05, 0.1) is 12.3 Å². The number of benzene rings is 2. The fourth-order valence-corrected chi connectivity index (χ4v) is 6.67. The van der Waals surface area contributed by atoms with Gasteiger partial charge in [0.25, 0.3) is 0 Å². The summed E-state index contributed by atoms with van der Waals surface area (Å²) in [6, 6.07) is 18.3. The minimum Gasteiger partial charge on any atom is -0.459 e. The predicted molar refractivity (Wildman–Crippen MR) is 158 cm³/mol. The molecule has 2 rings (SSSR count). The Hall–Kier alpha value is -3.16. The molecule has 2 atom stereocenters. The molecule has 0 spiro atoms. The molecule has 226 valence electrons. The molecule has 0 fully saturated rings. The van der Waals surface area contributed by atoms with Crippen LogP contribution in [-0.2, 0) is 45.9 Å². The normalized spacial score (nSPS) is 14.2. The maximum atomic E-state index is 14.8. The lowest BCUT2D eigenvalue weighted by Gasteiger charge is -2.33. The van der Waals surface area contributed by atoms with Gasteiger partial charge in [-0.3, -0.25) is 14.2 Å². The number of amides is 1. The number of ether oxygens (including phenoxy) is 3. The molecule has 2 aromatic carbocycles. The molecule has 0 heterocycles. The monoisotopic (exact) mass is 589 g/mol. The highest BCUT2D eigenvalue weighted by atomic mass is 31.2. The average molecular weight is 590 g/mol. The van der Waals surface area contributed by atoms with Crippen LogP contribution in [0.1, 0.15) is 66.5 Å². The molecule has 2 unspecified atom stereocenters. The van der Waals surface area contributed by atoms with Gasteiger partial charge in [0, 0.05) is 6.42 Å². The van der Waals surface area contributed by atoms with E-state index in [1.54, 1.807) is 55.4 Å². The molecular weight excluding hydrogens is 545 g/mol. The summed E-state index contributed by atoms with van der Waals surface area (Å²) in [5.41, 5.74) is -0.287. The lowest BCUT2D eigenvalue weighted by atomic mass is 10.1. The van der Waals surface area contributed by atoms with Crippen molar-refractivity contribution in [1.29, 1.82) is 0 Å². The van der Waals surface area contributed by atoms with E-state index in [0.29, 0.717) is 0 Å². The summed E-state index contributed by atoms with van der Waals surface area (Å²) in [6.07, 6.45) is -1.81. The molecular formula is C31H44NO8P. The average Bonchev–Trinajstić information content (AvgIpc) is 2.84. The maximum Gasteiger partial charge on any atom is 0.408 e. The lowest BCUT2D eigenvalue weighted by Crippen LogP contribution is -2.43. The molecule has 9 nitrogen and oxygen atoms in total. The summed E-state index contributed by atoms with van der Waals surface area (Å²) in [6.45, 7) is 13.4. The molecule has 0 aromatic heterocycles. The van der Waals surface area contributed by atoms with Crippen molar-refractivity contribution in [2.75, 3.05) is 6.16 Å². The van der Waals surface area contributed by atoms with Crippen molar-refractivity contribution in [2.24, 2.45) is 5.92 Å². The highest BCUT2D eigenvalue weighted by Gasteiger charge is 2.46. The van der Waals surface area contributed by atoms with Crippen LogP contribution >= 0.6 is 7.37 Å². The number of rotatable bonds is 12. The van der Waals surface area contributed by atoms with Crippen molar-refractivity contribution in [1.82, 2.24) is 5.32 Å². The molecule has 0 bridgehead atoms. The van der Waals surface area contributed by atoms with Crippen molar-refractivity contribution in [3.63, 3.8) is 0 Å². The molecule has 0 radical (unpaired) electrons. The number of esters is 2. The summed E-state index contributed by atoms with van der Waals surface area (Å²) in [5, 5.41) is 2.71. The second kappa shape index (κ2) is 14.6. The zero-order valence-corrected chi connectivity index (χ0v) is 26.2. The van der Waals surface area contributed by atoms with E-state index in [1.165, 1.54) is 0 Å². The number of hydrogen-bond donors (Lipinski definition) is 1. The Labute approximate surface area is 243 Å². The SMILES string of the molecule is CC(C)OP(=O)(CC(C(=O)OC(C)(C)C)C(=O)OC(C)(C)C)C(Cc1ccccc1)NC(=O)OCc1ccccc1. The Balaban J connectivity index is 2.47. The van der Waals surface area contributed by atoms with Crippen LogP contribution in [0.3, 0.4) is 0 Å². The molecule has 0 aliphatic rings. The molecule has 0 saturated carbocycles. The Bertz CT molecular complexity index is 1160. The first kappa shape index (κ1) is 34.0. The second-order valence-corrected chi connectivity index (χ2v) is 14.7. The van der Waals surface area contributed by atoms with E-state index in [-0.39, 0.29) is 13.0 Å². The first-order chi connectivity index (χ1) is 19.0. The second-order valence-electron chi connectivity index (χ2n) is 12.1. The summed E-state index contributed by atoms with van der Waals surface area (Å²) in [4.78, 5) is 39.6. The maximum absolute atomic E-state index is 14.8. The lowest BCUT2D eigenvalue weighted by molar-refractivity contribution is -0.173. The van der Waals surface area contributed by atoms with Crippen LogP contribution in [0.5, 0.6) is 0 Å². The van der Waals surface area contributed by atoms with E-state index in [4.69, 9.17) is 18.7 Å². The number of hydrogen-bond acceptors (Lipinski definition) is 8. The third-order valence-electron chi connectivity index (χ3n) is 5.45. The first-order valence-corrected chi connectivity index (χ1v) is 15.6. The third-order valence-corrected chi connectivity index (χ3v) is 8.37. The van der Waals surface area contributed by atoms with Gasteiger partial charge in [-0.15, -0.1) is 0 Å². The summed E-state index contributed by atoms with van der Waals surface area (Å²) in [7, 11) is -4.01. The van der Waals surface area contributed by atoms with Crippen molar-refractivity contribution in [3.8, 4) is 0 Å². The van der Waals surface area contributed by atoms with Gasteiger partial charge in [-0.2, -0.15) is 0 Å². The first-order valence-electron chi connectivity index (χ1n) is 13.7. The molecule has 0 saturated heterocycles. The number of carbonyl (C=O) groups excluding carboxylic acids is 3. The minimum absolute atomic E-state index is 0.00148. The summed E-state index contributed by atoms with van der Waals surface area (Å²) in [5.74, 6) is -4.45. The number of alkyl carbamates (subject to hydrolysis) is 1.